The number of nitrogens with zero attached hydrogens (tertiary/aromatic N) is 3. The molecular weight excluding hydrogens is 680 g/mol. The van der Waals surface area contributed by atoms with Gasteiger partial charge < -0.3 is 20.3 Å². The molecule has 3 saturated carbocycles. The van der Waals surface area contributed by atoms with E-state index in [1.54, 1.807) is 6.33 Å². The van der Waals surface area contributed by atoms with E-state index in [1.807, 2.05) is 4.68 Å². The van der Waals surface area contributed by atoms with Crippen LogP contribution in [0.3, 0.4) is 0 Å². The zero-order valence-electron chi connectivity index (χ0n) is 32.4. The quantitative estimate of drug-likeness (QED) is 0.269. The summed E-state index contributed by atoms with van der Waals surface area (Å²) in [5.74, 6) is 0.352. The van der Waals surface area contributed by atoms with Gasteiger partial charge in [0.25, 0.3) is 0 Å². The van der Waals surface area contributed by atoms with E-state index in [4.69, 9.17) is 20.3 Å². The van der Waals surface area contributed by atoms with E-state index in [1.165, 1.54) is 5.57 Å². The molecule has 9 heteroatoms. The Balaban J connectivity index is 1.48. The monoisotopic (exact) mass is 744 g/mol. The van der Waals surface area contributed by atoms with Gasteiger partial charge >= 0.3 is 5.97 Å². The number of carbonyl (C=O) groups is 1. The first-order valence-electron chi connectivity index (χ1n) is 19.0. The predicted molar refractivity (Wildman–Crippen MR) is 197 cm³/mol. The van der Waals surface area contributed by atoms with Crippen LogP contribution in [0.4, 0.5) is 0 Å². The first-order valence-corrected chi connectivity index (χ1v) is 19.8. The number of halogens is 1. The Morgan fingerprint density at radius 2 is 1.82 bits per heavy atom. The lowest BCUT2D eigenvalue weighted by Gasteiger charge is -2.72. The lowest BCUT2D eigenvalue weighted by Crippen LogP contribution is -2.71. The molecule has 1 aliphatic heterocycles. The summed E-state index contributed by atoms with van der Waals surface area (Å²) in [6, 6.07) is -0.0747. The molecule has 2 heterocycles. The minimum atomic E-state index is -0.620. The number of carboxylic acids is 1. The molecule has 49 heavy (non-hydrogen) atoms. The van der Waals surface area contributed by atoms with E-state index in [9.17, 15) is 9.90 Å². The lowest BCUT2D eigenvalue weighted by atomic mass is 9.33. The van der Waals surface area contributed by atoms with Gasteiger partial charge in [0.05, 0.1) is 37.4 Å². The normalized spacial score (nSPS) is 45.4. The van der Waals surface area contributed by atoms with Crippen molar-refractivity contribution in [3.8, 4) is 0 Å². The highest BCUT2D eigenvalue weighted by molar-refractivity contribution is 9.10. The molecule has 276 valence electrons. The molecule has 1 saturated heterocycles. The van der Waals surface area contributed by atoms with Gasteiger partial charge in [0.2, 0.25) is 0 Å². The Labute approximate surface area is 304 Å². The zero-order chi connectivity index (χ0) is 36.3. The highest BCUT2D eigenvalue weighted by Gasteiger charge is 2.73. The van der Waals surface area contributed by atoms with E-state index in [2.05, 4.69) is 110 Å². The van der Waals surface area contributed by atoms with Crippen LogP contribution in [-0.4, -0.2) is 56.8 Å². The second-order valence-electron chi connectivity index (χ2n) is 19.8. The second kappa shape index (κ2) is 11.9. The van der Waals surface area contributed by atoms with Crippen molar-refractivity contribution in [2.24, 2.45) is 67.8 Å². The molecule has 4 fully saturated rings. The van der Waals surface area contributed by atoms with Crippen molar-refractivity contribution in [2.45, 2.75) is 145 Å². The van der Waals surface area contributed by atoms with Crippen LogP contribution in [-0.2, 0) is 14.3 Å². The van der Waals surface area contributed by atoms with Gasteiger partial charge in [-0.15, -0.1) is 0 Å². The number of rotatable bonds is 7. The summed E-state index contributed by atoms with van der Waals surface area (Å²) in [6.07, 6.45) is 9.72. The Morgan fingerprint density at radius 3 is 2.39 bits per heavy atom. The van der Waals surface area contributed by atoms with Crippen molar-refractivity contribution in [3.05, 3.63) is 22.7 Å². The van der Waals surface area contributed by atoms with Gasteiger partial charge in [-0.1, -0.05) is 80.9 Å². The molecule has 8 nitrogen and oxygen atoms in total. The summed E-state index contributed by atoms with van der Waals surface area (Å²) < 4.78 is 16.8. The Hall–Kier alpha value is -1.29. The van der Waals surface area contributed by atoms with E-state index < -0.39 is 17.4 Å². The van der Waals surface area contributed by atoms with Crippen LogP contribution < -0.4 is 5.73 Å². The third kappa shape index (κ3) is 5.07. The largest absolute Gasteiger partial charge is 0.481 e. The molecule has 6 rings (SSSR count). The first kappa shape index (κ1) is 37.5. The number of hydrogen-bond donors (Lipinski definition) is 2. The van der Waals surface area contributed by atoms with Crippen LogP contribution in [0.1, 0.15) is 128 Å². The van der Waals surface area contributed by atoms with Crippen molar-refractivity contribution in [1.29, 1.82) is 0 Å². The summed E-state index contributed by atoms with van der Waals surface area (Å²) in [5, 5.41) is 15.9. The average Bonchev–Trinajstić information content (AvgIpc) is 3.43. The van der Waals surface area contributed by atoms with Crippen LogP contribution >= 0.6 is 15.9 Å². The third-order valence-electron chi connectivity index (χ3n) is 16.7. The Morgan fingerprint density at radius 1 is 1.14 bits per heavy atom. The van der Waals surface area contributed by atoms with E-state index in [0.29, 0.717) is 41.6 Å². The number of nitrogens with two attached hydrogens (primary N) is 1. The Kier molecular flexibility index (Phi) is 9.07. The predicted octanol–water partition coefficient (Wildman–Crippen LogP) is 8.71. The first-order chi connectivity index (χ1) is 22.5. The van der Waals surface area contributed by atoms with Gasteiger partial charge in [0.15, 0.2) is 4.73 Å². The maximum absolute atomic E-state index is 13.5. The zero-order valence-corrected chi connectivity index (χ0v) is 34.0. The molecule has 4 aliphatic carbocycles. The van der Waals surface area contributed by atoms with E-state index in [-0.39, 0.29) is 50.7 Å². The van der Waals surface area contributed by atoms with Crippen LogP contribution in [0.15, 0.2) is 22.7 Å². The minimum absolute atomic E-state index is 0.0118. The van der Waals surface area contributed by atoms with Crippen LogP contribution in [0.25, 0.3) is 0 Å². The van der Waals surface area contributed by atoms with Gasteiger partial charge in [0, 0.05) is 16.4 Å². The number of ether oxygens (including phenoxy) is 2. The fourth-order valence-electron chi connectivity index (χ4n) is 12.4. The van der Waals surface area contributed by atoms with Gasteiger partial charge in [-0.2, -0.15) is 5.10 Å². The van der Waals surface area contributed by atoms with Crippen LogP contribution in [0.5, 0.6) is 0 Å². The molecule has 5 aliphatic rings. The number of fused-ring (bicyclic) bond motifs is 3. The molecule has 2 bridgehead atoms. The van der Waals surface area contributed by atoms with E-state index >= 15 is 0 Å². The molecular formula is C40H65BrN4O4. The summed E-state index contributed by atoms with van der Waals surface area (Å²) >= 11 is 3.74. The summed E-state index contributed by atoms with van der Waals surface area (Å²) in [4.78, 5) is 18.0. The number of allylic oxidation sites excluding steroid dienone is 1. The maximum atomic E-state index is 13.5. The summed E-state index contributed by atoms with van der Waals surface area (Å²) in [6.45, 7) is 28.2. The van der Waals surface area contributed by atoms with Crippen LogP contribution in [0, 0.1) is 62.1 Å². The number of aromatic nitrogens is 3. The van der Waals surface area contributed by atoms with Gasteiger partial charge in [-0.05, 0) is 114 Å². The fourth-order valence-corrected chi connectivity index (χ4v) is 12.8. The maximum Gasteiger partial charge on any atom is 0.307 e. The van der Waals surface area contributed by atoms with Crippen molar-refractivity contribution in [2.75, 3.05) is 13.2 Å². The molecule has 3 N–H and O–H groups in total. The molecule has 1 aromatic rings. The van der Waals surface area contributed by atoms with Crippen molar-refractivity contribution < 1.29 is 19.4 Å². The molecule has 0 spiro atoms. The summed E-state index contributed by atoms with van der Waals surface area (Å²) in [7, 11) is 0. The summed E-state index contributed by atoms with van der Waals surface area (Å²) in [5.41, 5.74) is 6.50. The van der Waals surface area contributed by atoms with Gasteiger partial charge in [-0.3, -0.25) is 4.79 Å². The fraction of sp³-hybridized carbons (Fsp3) is 0.875. The lowest BCUT2D eigenvalue weighted by molar-refractivity contribution is -0.274. The third-order valence-corrected chi connectivity index (χ3v) is 17.3. The SMILES string of the molecule is CC(C)[C@@H](C)[C@@]1(C)CC[C@]2(C)[C@H]3CC[C@H]4[C@@]5(C)CO[C@@H](C)[C@@]4(C[C@@H](n4ncnc4Br)[C@@H]5OC[C@](C)(N)C(C)(C)C)C3=CC[C@@]2(C)[C@@H]1C(=O)O. The average molecular weight is 746 g/mol. The topological polar surface area (TPSA) is 112 Å². The standard InChI is InChI=1S/C40H65BrN4O4/c1-23(2)24(3)35(8)17-18-37(10)26-13-14-29-36(9)20-48-25(4)40(29,27(26)15-16-38(37,11)30(35)32(46)47)19-28(45-33(41)43-22-44-45)31(36)49-21-39(12,42)34(5,6)7/h15,22-26,28-31H,13-14,16-21,42H2,1-12H3,(H,46,47)/t24-,25+,26+,28-,29+,30-,31+,35-,36-,37-,38+,39+,40+/m1/s1. The van der Waals surface area contributed by atoms with Gasteiger partial charge in [0.1, 0.15) is 6.33 Å². The Bertz CT molecular complexity index is 1480. The highest BCUT2D eigenvalue weighted by atomic mass is 79.9. The molecule has 0 amide bonds. The molecule has 13 atom stereocenters. The van der Waals surface area contributed by atoms with Gasteiger partial charge in [-0.25, -0.2) is 9.67 Å². The molecule has 0 radical (unpaired) electrons. The van der Waals surface area contributed by atoms with Crippen molar-refractivity contribution in [3.63, 3.8) is 0 Å². The molecule has 0 unspecified atom stereocenters. The van der Waals surface area contributed by atoms with Crippen molar-refractivity contribution in [1.82, 2.24) is 14.8 Å². The molecule has 0 aromatic carbocycles. The molecule has 1 aromatic heterocycles. The number of aliphatic carboxylic acids is 1. The van der Waals surface area contributed by atoms with Crippen LogP contribution in [0.2, 0.25) is 0 Å². The minimum Gasteiger partial charge on any atom is -0.481 e. The number of carboxylic acid groups (broad SMARTS) is 1. The smallest absolute Gasteiger partial charge is 0.307 e. The number of hydrogen-bond acceptors (Lipinski definition) is 6. The second-order valence-corrected chi connectivity index (χ2v) is 20.5. The van der Waals surface area contributed by atoms with Crippen molar-refractivity contribution >= 4 is 21.9 Å². The highest BCUT2D eigenvalue weighted by Crippen LogP contribution is 2.76. The van der Waals surface area contributed by atoms with E-state index in [0.717, 1.165) is 38.5 Å².